The molecule has 0 fully saturated rings. The van der Waals surface area contributed by atoms with Crippen LogP contribution >= 0.6 is 34.8 Å². The van der Waals surface area contributed by atoms with Crippen LogP contribution in [-0.4, -0.2) is 0 Å². The summed E-state index contributed by atoms with van der Waals surface area (Å²) in [5.74, 6) is 0.671. The standard InChI is InChI=1S/C21H12Cl3O/c1-12-16-9-8-14(13-4-2-5-15(22)10-13)11-19(16)25-21(12)20-17(23)6-3-7-18(20)24/h2-6,8-11H,1H3. The van der Waals surface area contributed by atoms with E-state index in [0.717, 1.165) is 27.7 Å². The quantitative estimate of drug-likeness (QED) is 0.342. The summed E-state index contributed by atoms with van der Waals surface area (Å²) in [4.78, 5) is 0. The van der Waals surface area contributed by atoms with Crippen molar-refractivity contribution in [2.75, 3.05) is 0 Å². The second-order valence-corrected chi connectivity index (χ2v) is 7.01. The molecule has 0 N–H and O–H groups in total. The first-order valence-electron chi connectivity index (χ1n) is 7.70. The molecule has 0 saturated carbocycles. The van der Waals surface area contributed by atoms with Crippen molar-refractivity contribution in [3.8, 4) is 22.5 Å². The number of halogens is 3. The minimum Gasteiger partial charge on any atom is -0.456 e. The molecular formula is C21H12Cl3O. The summed E-state index contributed by atoms with van der Waals surface area (Å²) in [6, 6.07) is 20.3. The minimum absolute atomic E-state index is 0.449. The lowest BCUT2D eigenvalue weighted by atomic mass is 10.0. The van der Waals surface area contributed by atoms with E-state index in [1.54, 1.807) is 12.1 Å². The molecule has 1 nitrogen and oxygen atoms in total. The average molecular weight is 387 g/mol. The van der Waals surface area contributed by atoms with E-state index in [4.69, 9.17) is 39.2 Å². The predicted molar refractivity (Wildman–Crippen MR) is 106 cm³/mol. The summed E-state index contributed by atoms with van der Waals surface area (Å²) in [6.45, 7) is 2.00. The molecule has 4 heteroatoms. The number of fused-ring (bicyclic) bond motifs is 1. The third kappa shape index (κ3) is 2.93. The third-order valence-electron chi connectivity index (χ3n) is 4.22. The smallest absolute Gasteiger partial charge is 0.141 e. The van der Waals surface area contributed by atoms with Crippen LogP contribution in [0.5, 0.6) is 0 Å². The van der Waals surface area contributed by atoms with Crippen LogP contribution in [0.2, 0.25) is 15.1 Å². The van der Waals surface area contributed by atoms with E-state index in [2.05, 4.69) is 12.1 Å². The summed E-state index contributed by atoms with van der Waals surface area (Å²) in [6.07, 6.45) is 0. The van der Waals surface area contributed by atoms with Crippen LogP contribution in [0.25, 0.3) is 33.4 Å². The molecule has 4 rings (SSSR count). The molecule has 0 aliphatic heterocycles. The lowest BCUT2D eigenvalue weighted by Gasteiger charge is -2.04. The van der Waals surface area contributed by atoms with Crippen molar-refractivity contribution in [3.05, 3.63) is 81.3 Å². The maximum absolute atomic E-state index is 6.33. The molecule has 25 heavy (non-hydrogen) atoms. The van der Waals surface area contributed by atoms with E-state index >= 15 is 0 Å². The fraction of sp³-hybridized carbons (Fsp3) is 0.0476. The van der Waals surface area contributed by atoms with Crippen molar-refractivity contribution >= 4 is 45.8 Å². The van der Waals surface area contributed by atoms with Gasteiger partial charge in [-0.15, -0.1) is 0 Å². The van der Waals surface area contributed by atoms with Gasteiger partial charge in [0.1, 0.15) is 11.3 Å². The fourth-order valence-electron chi connectivity index (χ4n) is 2.97. The summed E-state index contributed by atoms with van der Waals surface area (Å²) < 4.78 is 6.12. The molecular weight excluding hydrogens is 375 g/mol. The molecule has 0 spiro atoms. The van der Waals surface area contributed by atoms with Gasteiger partial charge >= 0.3 is 0 Å². The molecule has 1 heterocycles. The Balaban J connectivity index is 1.91. The Morgan fingerprint density at radius 2 is 1.72 bits per heavy atom. The highest BCUT2D eigenvalue weighted by atomic mass is 35.5. The van der Waals surface area contributed by atoms with Crippen molar-refractivity contribution < 1.29 is 4.42 Å². The Labute approximate surface area is 160 Å². The van der Waals surface area contributed by atoms with Gasteiger partial charge in [0, 0.05) is 22.0 Å². The second kappa shape index (κ2) is 6.42. The van der Waals surface area contributed by atoms with Crippen LogP contribution in [-0.2, 0) is 0 Å². The van der Waals surface area contributed by atoms with Gasteiger partial charge in [0.2, 0.25) is 0 Å². The zero-order valence-electron chi connectivity index (χ0n) is 13.2. The Bertz CT molecular complexity index is 1080. The average Bonchev–Trinajstić information content (AvgIpc) is 2.91. The molecule has 123 valence electrons. The molecule has 1 aromatic heterocycles. The summed E-state index contributed by atoms with van der Waals surface area (Å²) >= 11 is 18.7. The Kier molecular flexibility index (Phi) is 4.24. The van der Waals surface area contributed by atoms with Gasteiger partial charge in [-0.25, -0.2) is 0 Å². The van der Waals surface area contributed by atoms with E-state index in [1.807, 2.05) is 43.3 Å². The first-order chi connectivity index (χ1) is 12.0. The van der Waals surface area contributed by atoms with Gasteiger partial charge in [-0.1, -0.05) is 65.1 Å². The van der Waals surface area contributed by atoms with Gasteiger partial charge < -0.3 is 4.42 Å². The number of aryl methyl sites for hydroxylation is 1. The number of hydrogen-bond donors (Lipinski definition) is 0. The van der Waals surface area contributed by atoms with Crippen LogP contribution in [0.15, 0.2) is 59.0 Å². The molecule has 0 aliphatic rings. The van der Waals surface area contributed by atoms with Crippen molar-refractivity contribution in [2.24, 2.45) is 0 Å². The van der Waals surface area contributed by atoms with E-state index in [9.17, 15) is 0 Å². The largest absolute Gasteiger partial charge is 0.456 e. The number of benzene rings is 3. The van der Waals surface area contributed by atoms with Crippen LogP contribution in [0.1, 0.15) is 5.56 Å². The van der Waals surface area contributed by atoms with E-state index in [1.165, 1.54) is 0 Å². The molecule has 0 amide bonds. The highest BCUT2D eigenvalue weighted by Crippen LogP contribution is 2.41. The van der Waals surface area contributed by atoms with Crippen molar-refractivity contribution in [2.45, 2.75) is 6.92 Å². The minimum atomic E-state index is 0.449. The van der Waals surface area contributed by atoms with Crippen LogP contribution in [0.3, 0.4) is 0 Å². The summed E-state index contributed by atoms with van der Waals surface area (Å²) in [7, 11) is 0. The van der Waals surface area contributed by atoms with Gasteiger partial charge in [-0.2, -0.15) is 0 Å². The van der Waals surface area contributed by atoms with Crippen LogP contribution in [0, 0.1) is 13.0 Å². The van der Waals surface area contributed by atoms with E-state index in [-0.39, 0.29) is 0 Å². The number of rotatable bonds is 2. The molecule has 0 saturated heterocycles. The molecule has 0 unspecified atom stereocenters. The second-order valence-electron chi connectivity index (χ2n) is 5.79. The molecule has 0 atom stereocenters. The predicted octanol–water partition coefficient (Wildman–Crippen LogP) is 7.84. The number of furan rings is 1. The first-order valence-corrected chi connectivity index (χ1v) is 8.83. The zero-order valence-corrected chi connectivity index (χ0v) is 15.5. The topological polar surface area (TPSA) is 13.1 Å². The monoisotopic (exact) mass is 385 g/mol. The highest BCUT2D eigenvalue weighted by molar-refractivity contribution is 6.39. The van der Waals surface area contributed by atoms with Crippen LogP contribution in [0.4, 0.5) is 0 Å². The maximum atomic E-state index is 6.33. The lowest BCUT2D eigenvalue weighted by molar-refractivity contribution is 0.629. The maximum Gasteiger partial charge on any atom is 0.141 e. The van der Waals surface area contributed by atoms with Crippen molar-refractivity contribution in [3.63, 3.8) is 0 Å². The van der Waals surface area contributed by atoms with Gasteiger partial charge in [0.05, 0.1) is 15.6 Å². The summed E-state index contributed by atoms with van der Waals surface area (Å²) in [5.41, 5.74) is 4.52. The Morgan fingerprint density at radius 1 is 0.920 bits per heavy atom. The van der Waals surface area contributed by atoms with Crippen molar-refractivity contribution in [1.82, 2.24) is 0 Å². The molecule has 4 aromatic rings. The Morgan fingerprint density at radius 3 is 2.48 bits per heavy atom. The first kappa shape index (κ1) is 16.5. The molecule has 1 radical (unpaired) electrons. The van der Waals surface area contributed by atoms with Gasteiger partial charge in [-0.3, -0.25) is 0 Å². The SMILES string of the molecule is Cc1c(-c2c(Cl)[c]ccc2Cl)oc2cc(-c3cccc(Cl)c3)ccc12. The third-order valence-corrected chi connectivity index (χ3v) is 5.07. The zero-order chi connectivity index (χ0) is 17.6. The fourth-order valence-corrected chi connectivity index (χ4v) is 3.70. The van der Waals surface area contributed by atoms with Crippen LogP contribution < -0.4 is 0 Å². The van der Waals surface area contributed by atoms with Crippen molar-refractivity contribution in [1.29, 1.82) is 0 Å². The summed E-state index contributed by atoms with van der Waals surface area (Å²) in [5, 5.41) is 2.72. The van der Waals surface area contributed by atoms with E-state index in [0.29, 0.717) is 26.4 Å². The van der Waals surface area contributed by atoms with Gasteiger partial charge in [0.15, 0.2) is 0 Å². The van der Waals surface area contributed by atoms with E-state index < -0.39 is 0 Å². The highest BCUT2D eigenvalue weighted by Gasteiger charge is 2.18. The molecule has 3 aromatic carbocycles. The normalized spacial score (nSPS) is 11.2. The molecule has 0 bridgehead atoms. The Hall–Kier alpha value is -1.93. The molecule has 0 aliphatic carbocycles. The van der Waals surface area contributed by atoms with Gasteiger partial charge in [-0.05, 0) is 42.3 Å². The number of hydrogen-bond acceptors (Lipinski definition) is 1. The lowest BCUT2D eigenvalue weighted by Crippen LogP contribution is -1.82. The van der Waals surface area contributed by atoms with Gasteiger partial charge in [0.25, 0.3) is 0 Å².